The molecule has 2 aromatic heterocycles. The van der Waals surface area contributed by atoms with Gasteiger partial charge in [-0.25, -0.2) is 13.8 Å². The molecule has 118 valence electrons. The van der Waals surface area contributed by atoms with Gasteiger partial charge in [0.05, 0.1) is 28.7 Å². The molecule has 2 aromatic carbocycles. The van der Waals surface area contributed by atoms with Crippen molar-refractivity contribution >= 4 is 11.0 Å². The normalized spacial score (nSPS) is 11.1. The predicted octanol–water partition coefficient (Wildman–Crippen LogP) is 3.98. The van der Waals surface area contributed by atoms with Crippen molar-refractivity contribution < 1.29 is 8.78 Å². The van der Waals surface area contributed by atoms with Gasteiger partial charge in [-0.3, -0.25) is 9.97 Å². The molecule has 0 unspecified atom stereocenters. The number of rotatable bonds is 2. The quantitative estimate of drug-likeness (QED) is 0.561. The Labute approximate surface area is 136 Å². The smallest absolute Gasteiger partial charge is 0.159 e. The second kappa shape index (κ2) is 5.49. The topological polar surface area (TPSA) is 43.6 Å². The molecule has 0 aliphatic rings. The maximum Gasteiger partial charge on any atom is 0.159 e. The van der Waals surface area contributed by atoms with Crippen molar-refractivity contribution in [2.75, 3.05) is 0 Å². The van der Waals surface area contributed by atoms with Gasteiger partial charge in [-0.05, 0) is 30.3 Å². The third-order valence-electron chi connectivity index (χ3n) is 3.87. The zero-order chi connectivity index (χ0) is 16.7. The molecule has 0 amide bonds. The Hall–Kier alpha value is -3.15. The minimum absolute atomic E-state index is 0.517. The van der Waals surface area contributed by atoms with Crippen LogP contribution in [-0.2, 0) is 7.05 Å². The SMILES string of the molecule is Cn1cnc(-c2ccc(F)c(F)c2)c1-c1ccc2nccnc2c1. The highest BCUT2D eigenvalue weighted by Gasteiger charge is 2.15. The van der Waals surface area contributed by atoms with Gasteiger partial charge in [0.2, 0.25) is 0 Å². The lowest BCUT2D eigenvalue weighted by Crippen LogP contribution is -1.93. The van der Waals surface area contributed by atoms with Crippen LogP contribution in [0.4, 0.5) is 8.78 Å². The molecule has 0 atom stereocenters. The first-order valence-electron chi connectivity index (χ1n) is 7.31. The number of nitrogens with zero attached hydrogens (tertiary/aromatic N) is 4. The van der Waals surface area contributed by atoms with Crippen molar-refractivity contribution in [3.8, 4) is 22.5 Å². The summed E-state index contributed by atoms with van der Waals surface area (Å²) in [5.74, 6) is -1.77. The summed E-state index contributed by atoms with van der Waals surface area (Å²) in [6.45, 7) is 0. The molecule has 0 aliphatic carbocycles. The average molecular weight is 322 g/mol. The van der Waals surface area contributed by atoms with Crippen LogP contribution in [0.5, 0.6) is 0 Å². The van der Waals surface area contributed by atoms with Crippen molar-refractivity contribution in [1.82, 2.24) is 19.5 Å². The van der Waals surface area contributed by atoms with E-state index in [1.54, 1.807) is 18.7 Å². The van der Waals surface area contributed by atoms with E-state index in [-0.39, 0.29) is 0 Å². The average Bonchev–Trinajstić information content (AvgIpc) is 2.98. The second-order valence-electron chi connectivity index (χ2n) is 5.44. The summed E-state index contributed by atoms with van der Waals surface area (Å²) in [4.78, 5) is 12.9. The Morgan fingerprint density at radius 3 is 2.33 bits per heavy atom. The van der Waals surface area contributed by atoms with Crippen LogP contribution in [0, 0.1) is 11.6 Å². The summed E-state index contributed by atoms with van der Waals surface area (Å²) >= 11 is 0. The molecule has 4 nitrogen and oxygen atoms in total. The second-order valence-corrected chi connectivity index (χ2v) is 5.44. The molecular formula is C18H12F2N4. The highest BCUT2D eigenvalue weighted by molar-refractivity contribution is 5.85. The highest BCUT2D eigenvalue weighted by Crippen LogP contribution is 2.32. The Kier molecular flexibility index (Phi) is 3.30. The number of aromatic nitrogens is 4. The van der Waals surface area contributed by atoms with E-state index in [1.807, 2.05) is 29.8 Å². The molecule has 0 radical (unpaired) electrons. The highest BCUT2D eigenvalue weighted by atomic mass is 19.2. The first-order chi connectivity index (χ1) is 11.6. The van der Waals surface area contributed by atoms with Crippen molar-refractivity contribution in [2.24, 2.45) is 7.05 Å². The minimum atomic E-state index is -0.895. The van der Waals surface area contributed by atoms with Crippen LogP contribution in [0.25, 0.3) is 33.5 Å². The van der Waals surface area contributed by atoms with Crippen molar-refractivity contribution in [3.05, 3.63) is 66.8 Å². The van der Waals surface area contributed by atoms with Crippen LogP contribution >= 0.6 is 0 Å². The summed E-state index contributed by atoms with van der Waals surface area (Å²) in [5, 5.41) is 0. The molecular weight excluding hydrogens is 310 g/mol. The molecule has 2 heterocycles. The summed E-state index contributed by atoms with van der Waals surface area (Å²) in [6, 6.07) is 9.47. The molecule has 24 heavy (non-hydrogen) atoms. The van der Waals surface area contributed by atoms with Gasteiger partial charge >= 0.3 is 0 Å². The third-order valence-corrected chi connectivity index (χ3v) is 3.87. The maximum absolute atomic E-state index is 13.6. The standard InChI is InChI=1S/C18H12F2N4/c1-24-10-23-17(11-2-4-13(19)14(20)8-11)18(24)12-3-5-15-16(9-12)22-7-6-21-15/h2-10H,1H3. The van der Waals surface area contributed by atoms with Crippen LogP contribution in [0.15, 0.2) is 55.1 Å². The van der Waals surface area contributed by atoms with Gasteiger partial charge in [0.25, 0.3) is 0 Å². The Morgan fingerprint density at radius 2 is 1.54 bits per heavy atom. The van der Waals surface area contributed by atoms with E-state index in [9.17, 15) is 8.78 Å². The molecule has 0 bridgehead atoms. The molecule has 0 saturated heterocycles. The van der Waals surface area contributed by atoms with E-state index < -0.39 is 11.6 Å². The largest absolute Gasteiger partial charge is 0.333 e. The van der Waals surface area contributed by atoms with E-state index >= 15 is 0 Å². The zero-order valence-electron chi connectivity index (χ0n) is 12.7. The number of aryl methyl sites for hydroxylation is 1. The fraction of sp³-hybridized carbons (Fsp3) is 0.0556. The van der Waals surface area contributed by atoms with Gasteiger partial charge in [0.1, 0.15) is 0 Å². The van der Waals surface area contributed by atoms with Crippen LogP contribution in [0.2, 0.25) is 0 Å². The molecule has 0 spiro atoms. The van der Waals surface area contributed by atoms with Crippen LogP contribution in [0.3, 0.4) is 0 Å². The van der Waals surface area contributed by atoms with E-state index in [1.165, 1.54) is 6.07 Å². The van der Waals surface area contributed by atoms with E-state index in [0.717, 1.165) is 34.4 Å². The molecule has 0 saturated carbocycles. The fourth-order valence-corrected chi connectivity index (χ4v) is 2.74. The van der Waals surface area contributed by atoms with Crippen molar-refractivity contribution in [3.63, 3.8) is 0 Å². The molecule has 4 rings (SSSR count). The van der Waals surface area contributed by atoms with Crippen LogP contribution in [-0.4, -0.2) is 19.5 Å². The predicted molar refractivity (Wildman–Crippen MR) is 87.1 cm³/mol. The van der Waals surface area contributed by atoms with E-state index in [2.05, 4.69) is 15.0 Å². The van der Waals surface area contributed by atoms with Gasteiger partial charge in [0.15, 0.2) is 11.6 Å². The Balaban J connectivity index is 1.91. The number of hydrogen-bond donors (Lipinski definition) is 0. The Bertz CT molecular complexity index is 1060. The minimum Gasteiger partial charge on any atom is -0.333 e. The van der Waals surface area contributed by atoms with Gasteiger partial charge < -0.3 is 4.57 Å². The van der Waals surface area contributed by atoms with Crippen molar-refractivity contribution in [2.45, 2.75) is 0 Å². The summed E-state index contributed by atoms with van der Waals surface area (Å²) in [5.41, 5.74) is 4.32. The molecule has 0 N–H and O–H groups in total. The first-order valence-corrected chi connectivity index (χ1v) is 7.31. The molecule has 6 heteroatoms. The monoisotopic (exact) mass is 322 g/mol. The fourth-order valence-electron chi connectivity index (χ4n) is 2.74. The summed E-state index contributed by atoms with van der Waals surface area (Å²) < 4.78 is 28.6. The van der Waals surface area contributed by atoms with Crippen molar-refractivity contribution in [1.29, 1.82) is 0 Å². The van der Waals surface area contributed by atoms with Gasteiger partial charge in [0, 0.05) is 30.6 Å². The number of fused-ring (bicyclic) bond motifs is 1. The van der Waals surface area contributed by atoms with E-state index in [0.29, 0.717) is 11.3 Å². The Morgan fingerprint density at radius 1 is 0.792 bits per heavy atom. The first kappa shape index (κ1) is 14.4. The summed E-state index contributed by atoms with van der Waals surface area (Å²) in [6.07, 6.45) is 4.91. The van der Waals surface area contributed by atoms with Gasteiger partial charge in [-0.1, -0.05) is 6.07 Å². The number of imidazole rings is 1. The number of benzene rings is 2. The van der Waals surface area contributed by atoms with Crippen LogP contribution < -0.4 is 0 Å². The summed E-state index contributed by atoms with van der Waals surface area (Å²) in [7, 11) is 1.85. The molecule has 4 aromatic rings. The molecule has 0 fully saturated rings. The maximum atomic E-state index is 13.6. The number of hydrogen-bond acceptors (Lipinski definition) is 3. The van der Waals surface area contributed by atoms with Gasteiger partial charge in [-0.15, -0.1) is 0 Å². The van der Waals surface area contributed by atoms with Gasteiger partial charge in [-0.2, -0.15) is 0 Å². The lowest BCUT2D eigenvalue weighted by molar-refractivity contribution is 0.509. The zero-order valence-corrected chi connectivity index (χ0v) is 12.7. The van der Waals surface area contributed by atoms with Crippen LogP contribution in [0.1, 0.15) is 0 Å². The third kappa shape index (κ3) is 2.32. The molecule has 0 aliphatic heterocycles. The number of halogens is 2. The lowest BCUT2D eigenvalue weighted by Gasteiger charge is -2.08. The lowest BCUT2D eigenvalue weighted by atomic mass is 10.0. The van der Waals surface area contributed by atoms with E-state index in [4.69, 9.17) is 0 Å².